The van der Waals surface area contributed by atoms with Crippen LogP contribution in [0, 0.1) is 5.92 Å². The number of piperidine rings is 1. The molecular formula is C12H17BrN2OS. The van der Waals surface area contributed by atoms with Gasteiger partial charge >= 0.3 is 0 Å². The number of amides is 1. The van der Waals surface area contributed by atoms with Gasteiger partial charge in [0.05, 0.1) is 5.92 Å². The van der Waals surface area contributed by atoms with E-state index in [0.717, 1.165) is 30.4 Å². The Balaban J connectivity index is 2.03. The average Bonchev–Trinajstić information content (AvgIpc) is 2.67. The first-order valence-electron chi connectivity index (χ1n) is 5.83. The van der Waals surface area contributed by atoms with Crippen LogP contribution in [0.4, 0.5) is 0 Å². The van der Waals surface area contributed by atoms with Crippen LogP contribution in [0.2, 0.25) is 0 Å². The van der Waals surface area contributed by atoms with Crippen LogP contribution in [-0.2, 0) is 11.3 Å². The van der Waals surface area contributed by atoms with Gasteiger partial charge in [-0.1, -0.05) is 0 Å². The highest BCUT2D eigenvalue weighted by Crippen LogP contribution is 2.28. The zero-order valence-corrected chi connectivity index (χ0v) is 12.3. The molecule has 1 aliphatic heterocycles. The molecule has 5 heteroatoms. The lowest BCUT2D eigenvalue weighted by Crippen LogP contribution is -2.45. The topological polar surface area (TPSA) is 46.3 Å². The fourth-order valence-electron chi connectivity index (χ4n) is 2.25. The first-order valence-corrected chi connectivity index (χ1v) is 7.50. The quantitative estimate of drug-likeness (QED) is 0.931. The van der Waals surface area contributed by atoms with E-state index in [4.69, 9.17) is 5.73 Å². The van der Waals surface area contributed by atoms with E-state index in [1.807, 2.05) is 0 Å². The summed E-state index contributed by atoms with van der Waals surface area (Å²) in [6, 6.07) is 2.60. The minimum absolute atomic E-state index is 0.0185. The molecule has 0 saturated carbocycles. The van der Waals surface area contributed by atoms with Crippen LogP contribution >= 0.6 is 27.3 Å². The van der Waals surface area contributed by atoms with Crippen LogP contribution in [0.3, 0.4) is 0 Å². The van der Waals surface area contributed by atoms with Crippen molar-refractivity contribution >= 4 is 33.2 Å². The number of hydrogen-bond acceptors (Lipinski definition) is 3. The van der Waals surface area contributed by atoms with Gasteiger partial charge in [0.1, 0.15) is 0 Å². The van der Waals surface area contributed by atoms with Gasteiger partial charge in [0.25, 0.3) is 0 Å². The molecule has 3 nitrogen and oxygen atoms in total. The summed E-state index contributed by atoms with van der Waals surface area (Å²) in [5, 5.41) is 2.08. The predicted octanol–water partition coefficient (Wildman–Crippen LogP) is 2.60. The number of carbonyl (C=O) groups excluding carboxylic acids is 1. The summed E-state index contributed by atoms with van der Waals surface area (Å²) in [6.45, 7) is 3.92. The van der Waals surface area contributed by atoms with Gasteiger partial charge in [-0.05, 0) is 47.1 Å². The number of rotatable bonds is 3. The Kier molecular flexibility index (Phi) is 4.22. The van der Waals surface area contributed by atoms with Crippen molar-refractivity contribution < 1.29 is 4.79 Å². The molecular weight excluding hydrogens is 300 g/mol. The highest BCUT2D eigenvalue weighted by atomic mass is 79.9. The van der Waals surface area contributed by atoms with E-state index >= 15 is 0 Å². The van der Waals surface area contributed by atoms with Crippen LogP contribution in [0.5, 0.6) is 0 Å². The molecule has 2 rings (SSSR count). The van der Waals surface area contributed by atoms with E-state index in [-0.39, 0.29) is 11.8 Å². The van der Waals surface area contributed by atoms with Crippen molar-refractivity contribution in [2.24, 2.45) is 11.7 Å². The fraction of sp³-hybridized carbons (Fsp3) is 0.583. The number of thiophene rings is 1. The van der Waals surface area contributed by atoms with Gasteiger partial charge < -0.3 is 5.73 Å². The molecule has 0 aliphatic carbocycles. The Labute approximate surface area is 114 Å². The zero-order chi connectivity index (χ0) is 12.4. The molecule has 0 radical (unpaired) electrons. The maximum Gasteiger partial charge on any atom is 0.221 e. The standard InChI is InChI=1S/C12H17BrN2OS/c1-8-2-3-9(12(14)16)6-15(8)7-11-10(13)4-5-17-11/h4-5,8-9H,2-3,6-7H2,1H3,(H2,14,16). The maximum absolute atomic E-state index is 11.3. The third kappa shape index (κ3) is 3.09. The lowest BCUT2D eigenvalue weighted by Gasteiger charge is -2.36. The van der Waals surface area contributed by atoms with Crippen molar-refractivity contribution in [2.75, 3.05) is 6.54 Å². The number of likely N-dealkylation sites (tertiary alicyclic amines) is 1. The molecule has 2 N–H and O–H groups in total. The number of nitrogens with two attached hydrogens (primary N) is 1. The molecule has 94 valence electrons. The summed E-state index contributed by atoms with van der Waals surface area (Å²) in [5.41, 5.74) is 5.41. The Morgan fingerprint density at radius 1 is 1.65 bits per heavy atom. The fourth-order valence-corrected chi connectivity index (χ4v) is 3.76. The normalized spacial score (nSPS) is 26.0. The van der Waals surface area contributed by atoms with E-state index in [1.54, 1.807) is 11.3 Å². The predicted molar refractivity (Wildman–Crippen MR) is 73.8 cm³/mol. The van der Waals surface area contributed by atoms with E-state index in [0.29, 0.717) is 6.04 Å². The van der Waals surface area contributed by atoms with Crippen molar-refractivity contribution in [2.45, 2.75) is 32.4 Å². The second-order valence-corrected chi connectivity index (χ2v) is 6.50. The molecule has 1 aliphatic rings. The zero-order valence-electron chi connectivity index (χ0n) is 9.86. The minimum atomic E-state index is -0.160. The van der Waals surface area contributed by atoms with Crippen molar-refractivity contribution in [3.8, 4) is 0 Å². The number of carbonyl (C=O) groups is 1. The smallest absolute Gasteiger partial charge is 0.221 e. The molecule has 1 aromatic heterocycles. The van der Waals surface area contributed by atoms with Gasteiger partial charge in [-0.3, -0.25) is 9.69 Å². The molecule has 1 amide bonds. The van der Waals surface area contributed by atoms with Crippen molar-refractivity contribution in [1.82, 2.24) is 4.90 Å². The van der Waals surface area contributed by atoms with Gasteiger partial charge in [-0.15, -0.1) is 11.3 Å². The molecule has 0 aromatic carbocycles. The summed E-state index contributed by atoms with van der Waals surface area (Å²) < 4.78 is 1.16. The number of halogens is 1. The Morgan fingerprint density at radius 3 is 3.00 bits per heavy atom. The maximum atomic E-state index is 11.3. The van der Waals surface area contributed by atoms with Gasteiger partial charge in [-0.2, -0.15) is 0 Å². The molecule has 1 saturated heterocycles. The summed E-state index contributed by atoms with van der Waals surface area (Å²) in [7, 11) is 0. The molecule has 0 bridgehead atoms. The minimum Gasteiger partial charge on any atom is -0.369 e. The molecule has 1 aromatic rings. The van der Waals surface area contributed by atoms with Gasteiger partial charge in [0.2, 0.25) is 5.91 Å². The first kappa shape index (κ1) is 13.1. The lowest BCUT2D eigenvalue weighted by molar-refractivity contribution is -0.124. The number of nitrogens with zero attached hydrogens (tertiary/aromatic N) is 1. The Morgan fingerprint density at radius 2 is 2.41 bits per heavy atom. The Hall–Kier alpha value is -0.390. The van der Waals surface area contributed by atoms with E-state index in [2.05, 4.69) is 39.2 Å². The van der Waals surface area contributed by atoms with Crippen LogP contribution in [-0.4, -0.2) is 23.4 Å². The molecule has 2 atom stereocenters. The van der Waals surface area contributed by atoms with E-state index in [9.17, 15) is 4.79 Å². The summed E-state index contributed by atoms with van der Waals surface area (Å²) in [5.74, 6) is -0.142. The lowest BCUT2D eigenvalue weighted by atomic mass is 9.93. The summed E-state index contributed by atoms with van der Waals surface area (Å²) in [4.78, 5) is 14.9. The Bertz CT molecular complexity index is 407. The molecule has 2 heterocycles. The van der Waals surface area contributed by atoms with Crippen molar-refractivity contribution in [3.05, 3.63) is 20.8 Å². The van der Waals surface area contributed by atoms with Gasteiger partial charge in [0.15, 0.2) is 0 Å². The van der Waals surface area contributed by atoms with E-state index < -0.39 is 0 Å². The monoisotopic (exact) mass is 316 g/mol. The van der Waals surface area contributed by atoms with Gasteiger partial charge in [-0.25, -0.2) is 0 Å². The molecule has 1 fully saturated rings. The molecule has 2 unspecified atom stereocenters. The molecule has 17 heavy (non-hydrogen) atoms. The number of primary amides is 1. The number of hydrogen-bond donors (Lipinski definition) is 1. The second-order valence-electron chi connectivity index (χ2n) is 4.65. The van der Waals surface area contributed by atoms with Crippen LogP contribution in [0.25, 0.3) is 0 Å². The highest BCUT2D eigenvalue weighted by Gasteiger charge is 2.28. The molecule has 0 spiro atoms. The largest absolute Gasteiger partial charge is 0.369 e. The van der Waals surface area contributed by atoms with E-state index in [1.165, 1.54) is 4.88 Å². The van der Waals surface area contributed by atoms with Crippen LogP contribution in [0.15, 0.2) is 15.9 Å². The second kappa shape index (κ2) is 5.50. The van der Waals surface area contributed by atoms with Crippen molar-refractivity contribution in [3.63, 3.8) is 0 Å². The van der Waals surface area contributed by atoms with Crippen molar-refractivity contribution in [1.29, 1.82) is 0 Å². The third-order valence-electron chi connectivity index (χ3n) is 3.45. The van der Waals surface area contributed by atoms with Crippen LogP contribution < -0.4 is 5.73 Å². The summed E-state index contributed by atoms with van der Waals surface area (Å²) >= 11 is 5.30. The third-order valence-corrected chi connectivity index (χ3v) is 5.36. The highest BCUT2D eigenvalue weighted by molar-refractivity contribution is 9.10. The van der Waals surface area contributed by atoms with Crippen LogP contribution in [0.1, 0.15) is 24.6 Å². The average molecular weight is 317 g/mol. The summed E-state index contributed by atoms with van der Waals surface area (Å²) in [6.07, 6.45) is 1.98. The SMILES string of the molecule is CC1CCC(C(N)=O)CN1Cc1sccc1Br. The van der Waals surface area contributed by atoms with Gasteiger partial charge in [0, 0.05) is 28.5 Å². The first-order chi connectivity index (χ1) is 8.08.